The molecule has 0 atom stereocenters. The van der Waals surface area contributed by atoms with E-state index in [4.69, 9.17) is 7.85 Å². The van der Waals surface area contributed by atoms with Gasteiger partial charge in [0.25, 0.3) is 0 Å². The lowest BCUT2D eigenvalue weighted by molar-refractivity contribution is 1.11. The maximum absolute atomic E-state index is 4.92. The van der Waals surface area contributed by atoms with Crippen molar-refractivity contribution >= 4 is 7.85 Å². The van der Waals surface area contributed by atoms with E-state index >= 15 is 0 Å². The van der Waals surface area contributed by atoms with Gasteiger partial charge < -0.3 is 0 Å². The summed E-state index contributed by atoms with van der Waals surface area (Å²) in [6.07, 6.45) is 0. The van der Waals surface area contributed by atoms with E-state index in [1.807, 2.05) is 0 Å². The summed E-state index contributed by atoms with van der Waals surface area (Å²) in [6.45, 7) is 5.08. The van der Waals surface area contributed by atoms with E-state index in [9.17, 15) is 0 Å². The molecule has 2 radical (unpaired) electrons. The Balaban J connectivity index is 0. The molecule has 0 heterocycles. The van der Waals surface area contributed by atoms with Gasteiger partial charge in [0.15, 0.2) is 0 Å². The van der Waals surface area contributed by atoms with Crippen LogP contribution in [0, 0.1) is 0 Å². The molecule has 0 bridgehead atoms. The Labute approximate surface area is 32.7 Å². The molecule has 0 aromatic rings. The first-order valence-corrected chi connectivity index (χ1v) is 1.14. The Kier molecular flexibility index (Phi) is 6.60. The van der Waals surface area contributed by atoms with Crippen molar-refractivity contribution in [1.82, 2.24) is 0 Å². The highest BCUT2D eigenvalue weighted by atomic mass is 19.0. The first-order chi connectivity index (χ1) is 1.73. The van der Waals surface area contributed by atoms with Crippen LogP contribution in [0.4, 0.5) is 4.70 Å². The van der Waals surface area contributed by atoms with E-state index in [0.717, 1.165) is 0 Å². The van der Waals surface area contributed by atoms with Crippen LogP contribution in [0.5, 0.6) is 0 Å². The highest BCUT2D eigenvalue weighted by Crippen LogP contribution is 1.65. The normalized spacial score (nSPS) is 5.00. The summed E-state index contributed by atoms with van der Waals surface area (Å²) in [4.78, 5) is 0. The van der Waals surface area contributed by atoms with Crippen LogP contribution in [0.15, 0.2) is 12.1 Å². The van der Waals surface area contributed by atoms with Crippen LogP contribution in [0.1, 0.15) is 6.92 Å². The number of hydrogen-bond donors (Lipinski definition) is 0. The molecule has 0 aliphatic rings. The molecule has 0 aliphatic carbocycles. The molecule has 0 fully saturated rings. The summed E-state index contributed by atoms with van der Waals surface area (Å²) < 4.78 is 0. The average Bonchev–Trinajstić information content (AvgIpc) is 0.811. The smallest absolute Gasteiger partial charge is 0.106 e. The van der Waals surface area contributed by atoms with E-state index in [0.29, 0.717) is 5.47 Å². The molecule has 0 aromatic heterocycles. The molecule has 0 aliphatic heterocycles. The maximum Gasteiger partial charge on any atom is 0.106 e. The molecule has 0 saturated heterocycles. The summed E-state index contributed by atoms with van der Waals surface area (Å²) in [5.74, 6) is 0. The van der Waals surface area contributed by atoms with E-state index in [1.165, 1.54) is 0 Å². The lowest BCUT2D eigenvalue weighted by Gasteiger charge is -1.65. The summed E-state index contributed by atoms with van der Waals surface area (Å²) >= 11 is 0. The summed E-state index contributed by atoms with van der Waals surface area (Å²) in [5, 5.41) is 0. The molecule has 0 nitrogen and oxygen atoms in total. The molecule has 0 spiro atoms. The largest absolute Gasteiger partial charge is 0.269 e. The molecule has 0 saturated carbocycles. The van der Waals surface area contributed by atoms with Gasteiger partial charge in [-0.3, -0.25) is 4.70 Å². The Bertz CT molecular complexity index is 29.9. The van der Waals surface area contributed by atoms with Crippen LogP contribution < -0.4 is 0 Å². The molecule has 28 valence electrons. The van der Waals surface area contributed by atoms with Crippen molar-refractivity contribution in [2.45, 2.75) is 6.92 Å². The van der Waals surface area contributed by atoms with E-state index in [-0.39, 0.29) is 4.70 Å². The minimum atomic E-state index is 0. The van der Waals surface area contributed by atoms with Gasteiger partial charge in [-0.2, -0.15) is 0 Å². The van der Waals surface area contributed by atoms with Gasteiger partial charge in [-0.15, -0.1) is 12.1 Å². The van der Waals surface area contributed by atoms with Gasteiger partial charge in [0, 0.05) is 0 Å². The van der Waals surface area contributed by atoms with Crippen molar-refractivity contribution in [2.75, 3.05) is 0 Å². The topological polar surface area (TPSA) is 0 Å². The lowest BCUT2D eigenvalue weighted by atomic mass is 10.0. The average molecular weight is 71.9 g/mol. The van der Waals surface area contributed by atoms with Gasteiger partial charge in [0.05, 0.1) is 0 Å². The van der Waals surface area contributed by atoms with Crippen molar-refractivity contribution < 1.29 is 4.70 Å². The summed E-state index contributed by atoms with van der Waals surface area (Å²) in [7, 11) is 4.92. The van der Waals surface area contributed by atoms with Gasteiger partial charge in [0.2, 0.25) is 0 Å². The van der Waals surface area contributed by atoms with E-state index in [1.54, 1.807) is 6.92 Å². The molecular formula is C3H6BF. The predicted octanol–water partition coefficient (Wildman–Crippen LogP) is 0.841. The second kappa shape index (κ2) is 3.73. The fraction of sp³-hybridized carbons (Fsp3) is 0.333. The van der Waals surface area contributed by atoms with Crippen molar-refractivity contribution in [2.24, 2.45) is 0 Å². The summed E-state index contributed by atoms with van der Waals surface area (Å²) in [6, 6.07) is 0. The van der Waals surface area contributed by atoms with Crippen LogP contribution in [-0.2, 0) is 0 Å². The molecule has 5 heavy (non-hydrogen) atoms. The maximum atomic E-state index is 4.92. The Morgan fingerprint density at radius 2 is 1.80 bits per heavy atom. The minimum absolute atomic E-state index is 0. The van der Waals surface area contributed by atoms with Crippen molar-refractivity contribution in [1.29, 1.82) is 0 Å². The zero-order valence-corrected chi connectivity index (χ0v) is 3.19. The fourth-order valence-corrected chi connectivity index (χ4v) is 0. The molecule has 0 unspecified atom stereocenters. The lowest BCUT2D eigenvalue weighted by Crippen LogP contribution is -1.56. The molecular weight excluding hydrogens is 65.8 g/mol. The third kappa shape index (κ3) is 160. The number of hydrogen-bond acceptors (Lipinski definition) is 0. The second-order valence-corrected chi connectivity index (χ2v) is 0.846. The second-order valence-electron chi connectivity index (χ2n) is 0.846. The van der Waals surface area contributed by atoms with Crippen molar-refractivity contribution in [3.63, 3.8) is 0 Å². The Morgan fingerprint density at radius 3 is 1.80 bits per heavy atom. The van der Waals surface area contributed by atoms with Crippen LogP contribution >= 0.6 is 0 Å². The van der Waals surface area contributed by atoms with Gasteiger partial charge in [-0.05, 0) is 0 Å². The highest BCUT2D eigenvalue weighted by Gasteiger charge is 1.52. The van der Waals surface area contributed by atoms with Gasteiger partial charge in [0.1, 0.15) is 7.85 Å². The monoisotopic (exact) mass is 72.1 g/mol. The first-order valence-electron chi connectivity index (χ1n) is 1.14. The minimum Gasteiger partial charge on any atom is -0.269 e. The SMILES string of the molecule is F.[B]C(=C)C. The quantitative estimate of drug-likeness (QED) is 0.372. The van der Waals surface area contributed by atoms with E-state index in [2.05, 4.69) is 6.58 Å². The Hall–Kier alpha value is -0.265. The third-order valence-corrected chi connectivity index (χ3v) is 0. The molecule has 2 heteroatoms. The zero-order chi connectivity index (χ0) is 3.58. The van der Waals surface area contributed by atoms with Crippen LogP contribution in [0.2, 0.25) is 0 Å². The van der Waals surface area contributed by atoms with Gasteiger partial charge in [-0.1, -0.05) is 6.92 Å². The number of halogens is 1. The molecule has 0 rings (SSSR count). The highest BCUT2D eigenvalue weighted by molar-refractivity contribution is 6.20. The zero-order valence-electron chi connectivity index (χ0n) is 3.19. The van der Waals surface area contributed by atoms with Crippen LogP contribution in [0.25, 0.3) is 0 Å². The molecule has 0 aromatic carbocycles. The molecule has 0 amide bonds. The predicted molar refractivity (Wildman–Crippen MR) is 23.1 cm³/mol. The van der Waals surface area contributed by atoms with Crippen molar-refractivity contribution in [3.05, 3.63) is 12.1 Å². The molecule has 0 N–H and O–H groups in total. The number of rotatable bonds is 0. The van der Waals surface area contributed by atoms with Gasteiger partial charge in [-0.25, -0.2) is 0 Å². The first kappa shape index (κ1) is 8.83. The number of allylic oxidation sites excluding steroid dienone is 1. The Morgan fingerprint density at radius 1 is 1.80 bits per heavy atom. The fourth-order valence-electron chi connectivity index (χ4n) is 0. The van der Waals surface area contributed by atoms with Crippen LogP contribution in [-0.4, -0.2) is 7.85 Å². The van der Waals surface area contributed by atoms with Crippen LogP contribution in [0.3, 0.4) is 0 Å². The van der Waals surface area contributed by atoms with E-state index < -0.39 is 0 Å². The van der Waals surface area contributed by atoms with Crippen molar-refractivity contribution in [3.8, 4) is 0 Å². The third-order valence-electron chi connectivity index (χ3n) is 0. The summed E-state index contributed by atoms with van der Waals surface area (Å²) in [5.41, 5.74) is 0.667. The van der Waals surface area contributed by atoms with Gasteiger partial charge >= 0.3 is 0 Å². The standard InChI is InChI=1S/C3H5B.FH/c1-3(2)4;/h1H2,2H3;1H.